The molecule has 18 heavy (non-hydrogen) atoms. The molecule has 1 aromatic rings. The number of pyridine rings is 1. The van der Waals surface area contributed by atoms with Crippen LogP contribution in [0.4, 0.5) is 5.69 Å². The fraction of sp³-hybridized carbons (Fsp3) is 0.500. The average molecular weight is 292 g/mol. The van der Waals surface area contributed by atoms with Crippen LogP contribution in [0.5, 0.6) is 0 Å². The molecule has 0 atom stereocenters. The smallest absolute Gasteiger partial charge is 0.238 e. The number of carbonyl (C=O) groups is 1. The third-order valence-corrected chi connectivity index (χ3v) is 2.70. The molecule has 0 aromatic carbocycles. The summed E-state index contributed by atoms with van der Waals surface area (Å²) >= 11 is 0. The molecule has 1 aromatic heterocycles. The highest BCUT2D eigenvalue weighted by Crippen LogP contribution is 2.27. The molecule has 1 amide bonds. The lowest BCUT2D eigenvalue weighted by molar-refractivity contribution is -0.115. The lowest BCUT2D eigenvalue weighted by atomic mass is 10.3. The summed E-state index contributed by atoms with van der Waals surface area (Å²) in [6.45, 7) is 3.22. The number of anilines is 1. The SMILES string of the molecule is Cc1ncccc1NC(=O)CNCC1CC1.Cl.Cl. The van der Waals surface area contributed by atoms with Crippen LogP contribution in [0.25, 0.3) is 0 Å². The van der Waals surface area contributed by atoms with Crippen LogP contribution >= 0.6 is 24.8 Å². The molecule has 1 aliphatic carbocycles. The van der Waals surface area contributed by atoms with Gasteiger partial charge in [0.25, 0.3) is 0 Å². The van der Waals surface area contributed by atoms with E-state index in [1.54, 1.807) is 6.20 Å². The first kappa shape index (κ1) is 17.2. The van der Waals surface area contributed by atoms with E-state index in [2.05, 4.69) is 15.6 Å². The van der Waals surface area contributed by atoms with Crippen molar-refractivity contribution in [3.8, 4) is 0 Å². The number of carbonyl (C=O) groups excluding carboxylic acids is 1. The van der Waals surface area contributed by atoms with Gasteiger partial charge in [-0.1, -0.05) is 0 Å². The minimum absolute atomic E-state index is 0. The minimum Gasteiger partial charge on any atom is -0.323 e. The van der Waals surface area contributed by atoms with Crippen molar-refractivity contribution in [2.75, 3.05) is 18.4 Å². The van der Waals surface area contributed by atoms with Gasteiger partial charge in [-0.25, -0.2) is 0 Å². The third kappa shape index (κ3) is 5.67. The average Bonchev–Trinajstić information content (AvgIpc) is 3.05. The normalized spacial score (nSPS) is 13.2. The van der Waals surface area contributed by atoms with Crippen molar-refractivity contribution in [2.45, 2.75) is 19.8 Å². The number of hydrogen-bond acceptors (Lipinski definition) is 3. The van der Waals surface area contributed by atoms with Gasteiger partial charge in [0, 0.05) is 6.20 Å². The van der Waals surface area contributed by atoms with Crippen molar-refractivity contribution in [2.24, 2.45) is 5.92 Å². The van der Waals surface area contributed by atoms with Gasteiger partial charge in [0.2, 0.25) is 5.91 Å². The molecule has 1 saturated carbocycles. The van der Waals surface area contributed by atoms with Crippen molar-refractivity contribution in [1.29, 1.82) is 0 Å². The quantitative estimate of drug-likeness (QED) is 0.874. The van der Waals surface area contributed by atoms with Crippen LogP contribution in [0, 0.1) is 12.8 Å². The zero-order chi connectivity index (χ0) is 11.4. The maximum absolute atomic E-state index is 11.6. The Bertz CT molecular complexity index is 383. The Morgan fingerprint density at radius 3 is 2.78 bits per heavy atom. The Kier molecular flexibility index (Phi) is 7.91. The van der Waals surface area contributed by atoms with Crippen molar-refractivity contribution in [3.63, 3.8) is 0 Å². The standard InChI is InChI=1S/C12H17N3O.2ClH/c1-9-11(3-2-6-14-9)15-12(16)8-13-7-10-4-5-10;;/h2-3,6,10,13H,4-5,7-8H2,1H3,(H,15,16);2*1H. The Labute approximate surface area is 120 Å². The summed E-state index contributed by atoms with van der Waals surface area (Å²) in [6.07, 6.45) is 4.32. The first-order valence-electron chi connectivity index (χ1n) is 5.68. The van der Waals surface area contributed by atoms with E-state index in [0.29, 0.717) is 6.54 Å². The number of nitrogens with zero attached hydrogens (tertiary/aromatic N) is 1. The number of aryl methyl sites for hydroxylation is 1. The molecule has 4 nitrogen and oxygen atoms in total. The van der Waals surface area contributed by atoms with Crippen LogP contribution in [0.2, 0.25) is 0 Å². The minimum atomic E-state index is -0.00301. The van der Waals surface area contributed by atoms with E-state index in [-0.39, 0.29) is 30.7 Å². The molecule has 6 heteroatoms. The van der Waals surface area contributed by atoms with Gasteiger partial charge in [0.15, 0.2) is 0 Å². The Morgan fingerprint density at radius 2 is 2.17 bits per heavy atom. The summed E-state index contributed by atoms with van der Waals surface area (Å²) < 4.78 is 0. The van der Waals surface area contributed by atoms with Crippen molar-refractivity contribution >= 4 is 36.4 Å². The molecule has 0 aliphatic heterocycles. The van der Waals surface area contributed by atoms with Gasteiger partial charge >= 0.3 is 0 Å². The van der Waals surface area contributed by atoms with Crippen molar-refractivity contribution in [3.05, 3.63) is 24.0 Å². The van der Waals surface area contributed by atoms with E-state index < -0.39 is 0 Å². The predicted octanol–water partition coefficient (Wildman–Crippen LogP) is 2.17. The highest BCUT2D eigenvalue weighted by molar-refractivity contribution is 5.92. The zero-order valence-corrected chi connectivity index (χ0v) is 11.9. The van der Waals surface area contributed by atoms with E-state index in [1.165, 1.54) is 12.8 Å². The zero-order valence-electron chi connectivity index (χ0n) is 10.3. The number of halogens is 2. The van der Waals surface area contributed by atoms with Crippen LogP contribution in [0.3, 0.4) is 0 Å². The van der Waals surface area contributed by atoms with Gasteiger partial charge in [-0.15, -0.1) is 24.8 Å². The fourth-order valence-corrected chi connectivity index (χ4v) is 1.52. The van der Waals surface area contributed by atoms with Gasteiger partial charge < -0.3 is 10.6 Å². The summed E-state index contributed by atoms with van der Waals surface area (Å²) in [6, 6.07) is 3.68. The van der Waals surface area contributed by atoms with E-state index in [4.69, 9.17) is 0 Å². The Morgan fingerprint density at radius 1 is 1.44 bits per heavy atom. The largest absolute Gasteiger partial charge is 0.323 e. The number of aromatic nitrogens is 1. The molecule has 0 unspecified atom stereocenters. The number of hydrogen-bond donors (Lipinski definition) is 2. The Balaban J connectivity index is 0.00000144. The van der Waals surface area contributed by atoms with Crippen molar-refractivity contribution in [1.82, 2.24) is 10.3 Å². The van der Waals surface area contributed by atoms with E-state index in [9.17, 15) is 4.79 Å². The van der Waals surface area contributed by atoms with Gasteiger partial charge in [-0.05, 0) is 44.4 Å². The fourth-order valence-electron chi connectivity index (χ4n) is 1.52. The first-order chi connectivity index (χ1) is 7.75. The highest BCUT2D eigenvalue weighted by atomic mass is 35.5. The van der Waals surface area contributed by atoms with Gasteiger partial charge in [0.1, 0.15) is 0 Å². The molecule has 2 rings (SSSR count). The molecule has 2 N–H and O–H groups in total. The molecule has 1 aliphatic rings. The van der Waals surface area contributed by atoms with Crippen LogP contribution in [-0.2, 0) is 4.79 Å². The van der Waals surface area contributed by atoms with E-state index in [0.717, 1.165) is 23.8 Å². The topological polar surface area (TPSA) is 54.0 Å². The maximum Gasteiger partial charge on any atom is 0.238 e. The van der Waals surface area contributed by atoms with Crippen molar-refractivity contribution < 1.29 is 4.79 Å². The van der Waals surface area contributed by atoms with E-state index in [1.807, 2.05) is 19.1 Å². The maximum atomic E-state index is 11.6. The number of nitrogens with one attached hydrogen (secondary N) is 2. The van der Waals surface area contributed by atoms with Gasteiger partial charge in [0.05, 0.1) is 17.9 Å². The molecule has 102 valence electrons. The highest BCUT2D eigenvalue weighted by Gasteiger charge is 2.20. The van der Waals surface area contributed by atoms with Crippen LogP contribution in [0.1, 0.15) is 18.5 Å². The lowest BCUT2D eigenvalue weighted by Crippen LogP contribution is -2.29. The molecule has 0 spiro atoms. The lowest BCUT2D eigenvalue weighted by Gasteiger charge is -2.07. The summed E-state index contributed by atoms with van der Waals surface area (Å²) in [7, 11) is 0. The van der Waals surface area contributed by atoms with E-state index >= 15 is 0 Å². The number of rotatable bonds is 5. The molecule has 0 bridgehead atoms. The molecule has 1 heterocycles. The number of amides is 1. The summed E-state index contributed by atoms with van der Waals surface area (Å²) in [4.78, 5) is 15.7. The molecular formula is C12H19Cl2N3O. The summed E-state index contributed by atoms with van der Waals surface area (Å²) in [5.41, 5.74) is 1.64. The molecular weight excluding hydrogens is 273 g/mol. The third-order valence-electron chi connectivity index (χ3n) is 2.70. The van der Waals surface area contributed by atoms with Crippen LogP contribution < -0.4 is 10.6 Å². The first-order valence-corrected chi connectivity index (χ1v) is 5.68. The summed E-state index contributed by atoms with van der Waals surface area (Å²) in [5, 5.41) is 5.99. The summed E-state index contributed by atoms with van der Waals surface area (Å²) in [5.74, 6) is 0.796. The van der Waals surface area contributed by atoms with Crippen LogP contribution in [0.15, 0.2) is 18.3 Å². The predicted molar refractivity (Wildman–Crippen MR) is 77.7 cm³/mol. The van der Waals surface area contributed by atoms with Gasteiger partial charge in [-0.3, -0.25) is 9.78 Å². The second-order valence-corrected chi connectivity index (χ2v) is 4.26. The molecule has 0 saturated heterocycles. The second-order valence-electron chi connectivity index (χ2n) is 4.26. The Hall–Kier alpha value is -0.840. The monoisotopic (exact) mass is 291 g/mol. The second kappa shape index (κ2) is 8.29. The molecule has 0 radical (unpaired) electrons. The van der Waals surface area contributed by atoms with Crippen LogP contribution in [-0.4, -0.2) is 24.0 Å². The van der Waals surface area contributed by atoms with Gasteiger partial charge in [-0.2, -0.15) is 0 Å². The molecule has 1 fully saturated rings.